The van der Waals surface area contributed by atoms with Crippen LogP contribution in [0, 0.1) is 17.2 Å². The van der Waals surface area contributed by atoms with Crippen LogP contribution in [0.5, 0.6) is 0 Å². The Kier molecular flexibility index (Phi) is 1.000. The molecule has 0 aromatic carbocycles. The van der Waals surface area contributed by atoms with Gasteiger partial charge in [-0.05, 0) is 19.3 Å². The summed E-state index contributed by atoms with van der Waals surface area (Å²) in [5.74, 6) is 0.212. The Morgan fingerprint density at radius 2 is 2.33 bits per heavy atom. The zero-order valence-electron chi connectivity index (χ0n) is 5.21. The molecule has 2 nitrogen and oxygen atoms in total. The maximum Gasteiger partial charge on any atom is 0.0999 e. The predicted molar refractivity (Wildman–Crippen MR) is 31.6 cm³/mol. The molecule has 9 heavy (non-hydrogen) atoms. The summed E-state index contributed by atoms with van der Waals surface area (Å²) in [6.07, 6.45) is 4.20. The van der Waals surface area contributed by atoms with E-state index < -0.39 is 0 Å². The van der Waals surface area contributed by atoms with Gasteiger partial charge in [-0.1, -0.05) is 0 Å². The van der Waals surface area contributed by atoms with Gasteiger partial charge in [0.15, 0.2) is 0 Å². The Balaban J connectivity index is 2.02. The minimum atomic E-state index is 0.212. The van der Waals surface area contributed by atoms with Gasteiger partial charge in [0.2, 0.25) is 0 Å². The predicted octanol–water partition coefficient (Wildman–Crippen LogP) is 1.08. The van der Waals surface area contributed by atoms with E-state index in [9.17, 15) is 0 Å². The minimum Gasteiger partial charge on any atom is -0.368 e. The van der Waals surface area contributed by atoms with Crippen LogP contribution in [0.15, 0.2) is 0 Å². The first-order valence-corrected chi connectivity index (χ1v) is 3.47. The third kappa shape index (κ3) is 0.727. The molecule has 2 heteroatoms. The number of hydrogen-bond donors (Lipinski definition) is 0. The summed E-state index contributed by atoms with van der Waals surface area (Å²) in [5.41, 5.74) is 0. The van der Waals surface area contributed by atoms with E-state index in [1.54, 1.807) is 0 Å². The molecule has 1 aliphatic carbocycles. The van der Waals surface area contributed by atoms with Crippen LogP contribution in [0.25, 0.3) is 0 Å². The van der Waals surface area contributed by atoms with Gasteiger partial charge in [0.25, 0.3) is 0 Å². The lowest BCUT2D eigenvalue weighted by molar-refractivity contribution is 0.354. The van der Waals surface area contributed by atoms with Crippen molar-refractivity contribution in [3.8, 4) is 6.07 Å². The summed E-state index contributed by atoms with van der Waals surface area (Å²) in [4.78, 5) is 0. The van der Waals surface area contributed by atoms with Crippen molar-refractivity contribution in [2.24, 2.45) is 5.92 Å². The highest BCUT2D eigenvalue weighted by Crippen LogP contribution is 2.39. The van der Waals surface area contributed by atoms with E-state index in [-0.39, 0.29) is 5.92 Å². The van der Waals surface area contributed by atoms with Gasteiger partial charge in [0.1, 0.15) is 0 Å². The molecular weight excluding hydrogens is 114 g/mol. The normalized spacial score (nSPS) is 47.2. The van der Waals surface area contributed by atoms with Crippen LogP contribution in [-0.2, 0) is 4.74 Å². The standard InChI is InChI=1S/C7H9NO/c8-4-5-2-1-3-6-7(5)9-6/h5-7H,1-3H2/t5?,6-,7+/m1/s1. The fourth-order valence-corrected chi connectivity index (χ4v) is 1.58. The van der Waals surface area contributed by atoms with E-state index in [0.29, 0.717) is 12.2 Å². The summed E-state index contributed by atoms with van der Waals surface area (Å²) >= 11 is 0. The van der Waals surface area contributed by atoms with E-state index >= 15 is 0 Å². The van der Waals surface area contributed by atoms with E-state index in [0.717, 1.165) is 6.42 Å². The fourth-order valence-electron chi connectivity index (χ4n) is 1.58. The van der Waals surface area contributed by atoms with Crippen LogP contribution >= 0.6 is 0 Å². The number of rotatable bonds is 0. The van der Waals surface area contributed by atoms with Crippen LogP contribution in [0.1, 0.15) is 19.3 Å². The van der Waals surface area contributed by atoms with Crippen LogP contribution < -0.4 is 0 Å². The molecule has 2 fully saturated rings. The molecule has 1 heterocycles. The molecule has 1 saturated heterocycles. The molecule has 0 radical (unpaired) electrons. The molecule has 1 aliphatic heterocycles. The van der Waals surface area contributed by atoms with Gasteiger partial charge >= 0.3 is 0 Å². The van der Waals surface area contributed by atoms with Gasteiger partial charge in [-0.2, -0.15) is 5.26 Å². The molecule has 0 spiro atoms. The lowest BCUT2D eigenvalue weighted by atomic mass is 9.91. The molecule has 0 N–H and O–H groups in total. The van der Waals surface area contributed by atoms with Gasteiger partial charge in [0.05, 0.1) is 24.2 Å². The molecule has 2 aliphatic rings. The molecule has 0 aromatic rings. The smallest absolute Gasteiger partial charge is 0.0999 e. The highest BCUT2D eigenvalue weighted by molar-refractivity contribution is 5.03. The van der Waals surface area contributed by atoms with Crippen molar-refractivity contribution in [2.45, 2.75) is 31.5 Å². The second-order valence-corrected chi connectivity index (χ2v) is 2.81. The van der Waals surface area contributed by atoms with Crippen molar-refractivity contribution in [3.05, 3.63) is 0 Å². The fraction of sp³-hybridized carbons (Fsp3) is 0.857. The third-order valence-electron chi connectivity index (χ3n) is 2.19. The lowest BCUT2D eigenvalue weighted by Gasteiger charge is -2.08. The molecule has 2 rings (SSSR count). The summed E-state index contributed by atoms with van der Waals surface area (Å²) in [7, 11) is 0. The first kappa shape index (κ1) is 5.25. The Hall–Kier alpha value is -0.550. The molecule has 3 atom stereocenters. The van der Waals surface area contributed by atoms with Gasteiger partial charge in [-0.25, -0.2) is 0 Å². The highest BCUT2D eigenvalue weighted by atomic mass is 16.6. The zero-order valence-corrected chi connectivity index (χ0v) is 5.21. The number of epoxide rings is 1. The van der Waals surface area contributed by atoms with Crippen LogP contribution in [0.4, 0.5) is 0 Å². The van der Waals surface area contributed by atoms with E-state index in [4.69, 9.17) is 10.00 Å². The second-order valence-electron chi connectivity index (χ2n) is 2.81. The summed E-state index contributed by atoms with van der Waals surface area (Å²) in [6, 6.07) is 2.27. The van der Waals surface area contributed by atoms with Crippen molar-refractivity contribution in [1.82, 2.24) is 0 Å². The SMILES string of the molecule is N#CC1CCC[C@H]2O[C@@H]12. The Morgan fingerprint density at radius 1 is 1.44 bits per heavy atom. The van der Waals surface area contributed by atoms with Crippen LogP contribution in [0.3, 0.4) is 0 Å². The third-order valence-corrected chi connectivity index (χ3v) is 2.19. The second kappa shape index (κ2) is 1.71. The topological polar surface area (TPSA) is 36.3 Å². The monoisotopic (exact) mass is 123 g/mol. The number of nitriles is 1. The van der Waals surface area contributed by atoms with Crippen LogP contribution in [0.2, 0.25) is 0 Å². The quantitative estimate of drug-likeness (QED) is 0.452. The average molecular weight is 123 g/mol. The number of nitrogens with zero attached hydrogens (tertiary/aromatic N) is 1. The van der Waals surface area contributed by atoms with Gasteiger partial charge in [0, 0.05) is 0 Å². The number of hydrogen-bond acceptors (Lipinski definition) is 2. The summed E-state index contributed by atoms with van der Waals surface area (Å²) in [6.45, 7) is 0. The van der Waals surface area contributed by atoms with E-state index in [1.807, 2.05) is 0 Å². The number of fused-ring (bicyclic) bond motifs is 1. The van der Waals surface area contributed by atoms with E-state index in [1.165, 1.54) is 12.8 Å². The van der Waals surface area contributed by atoms with Gasteiger partial charge in [-0.15, -0.1) is 0 Å². The molecule has 1 unspecified atom stereocenters. The Morgan fingerprint density at radius 3 is 3.00 bits per heavy atom. The van der Waals surface area contributed by atoms with Gasteiger partial charge in [-0.3, -0.25) is 0 Å². The summed E-state index contributed by atoms with van der Waals surface area (Å²) in [5, 5.41) is 8.56. The van der Waals surface area contributed by atoms with Crippen molar-refractivity contribution in [2.75, 3.05) is 0 Å². The van der Waals surface area contributed by atoms with Crippen molar-refractivity contribution in [1.29, 1.82) is 5.26 Å². The lowest BCUT2D eigenvalue weighted by Crippen LogP contribution is -2.13. The van der Waals surface area contributed by atoms with E-state index in [2.05, 4.69) is 6.07 Å². The number of ether oxygens (including phenoxy) is 1. The minimum absolute atomic E-state index is 0.212. The van der Waals surface area contributed by atoms with Crippen molar-refractivity contribution < 1.29 is 4.74 Å². The molecular formula is C7H9NO. The first-order chi connectivity index (χ1) is 4.42. The first-order valence-electron chi connectivity index (χ1n) is 3.47. The molecule has 0 bridgehead atoms. The summed E-state index contributed by atoms with van der Waals surface area (Å²) < 4.78 is 5.26. The molecule has 0 aromatic heterocycles. The zero-order chi connectivity index (χ0) is 6.27. The average Bonchev–Trinajstić information content (AvgIpc) is 2.64. The Bertz CT molecular complexity index is 161. The Labute approximate surface area is 54.4 Å². The highest BCUT2D eigenvalue weighted by Gasteiger charge is 2.47. The van der Waals surface area contributed by atoms with Crippen molar-refractivity contribution >= 4 is 0 Å². The van der Waals surface area contributed by atoms with Crippen molar-refractivity contribution in [3.63, 3.8) is 0 Å². The molecule has 48 valence electrons. The van der Waals surface area contributed by atoms with Gasteiger partial charge < -0.3 is 4.74 Å². The molecule has 1 saturated carbocycles. The molecule has 0 amide bonds. The maximum absolute atomic E-state index is 8.56. The maximum atomic E-state index is 8.56. The van der Waals surface area contributed by atoms with Crippen LogP contribution in [-0.4, -0.2) is 12.2 Å². The largest absolute Gasteiger partial charge is 0.368 e.